The summed E-state index contributed by atoms with van der Waals surface area (Å²) in [6, 6.07) is 28.8. The first-order valence-electron chi connectivity index (χ1n) is 16.2. The predicted molar refractivity (Wildman–Crippen MR) is 197 cm³/mol. The molecule has 4 aromatic rings. The fourth-order valence-corrected chi connectivity index (χ4v) is 7.00. The summed E-state index contributed by atoms with van der Waals surface area (Å²) in [7, 11) is -5.09. The van der Waals surface area contributed by atoms with Gasteiger partial charge in [0, 0.05) is 49.7 Å². The molecule has 0 saturated carbocycles. The number of anilines is 2. The van der Waals surface area contributed by atoms with Crippen molar-refractivity contribution in [3.8, 4) is 0 Å². The van der Waals surface area contributed by atoms with Crippen molar-refractivity contribution in [3.63, 3.8) is 0 Å². The molecule has 1 aliphatic carbocycles. The molecule has 0 heterocycles. The molecule has 0 amide bonds. The van der Waals surface area contributed by atoms with Crippen LogP contribution in [0.15, 0.2) is 137 Å². The van der Waals surface area contributed by atoms with Gasteiger partial charge in [0.2, 0.25) is 0 Å². The Hall–Kier alpha value is -2.81. The van der Waals surface area contributed by atoms with Crippen molar-refractivity contribution < 1.29 is 89.6 Å². The third-order valence-corrected chi connectivity index (χ3v) is 10.3. The third kappa shape index (κ3) is 11.1. The smallest absolute Gasteiger partial charge is 0.744 e. The zero-order valence-corrected chi connectivity index (χ0v) is 36.1. The van der Waals surface area contributed by atoms with Crippen LogP contribution in [0.4, 0.5) is 11.4 Å². The third-order valence-electron chi connectivity index (χ3n) is 8.60. The van der Waals surface area contributed by atoms with Crippen molar-refractivity contribution >= 4 is 42.9 Å². The average Bonchev–Trinajstić information content (AvgIpc) is 3.10. The SMILES string of the molecule is CCN(Cc1cccc(S(=O)(=O)[O-])c1)c1ccc(C(=C2C=CC(=[N+](C)C)C=C2)c2ccc(N(CC)Cc3cccc(S(=O)(=O)[O-])c3)cc2)cc1.[Na+].[Na+]. The molecular formula is C39H40N3Na2O6S2+. The van der Waals surface area contributed by atoms with E-state index in [-0.39, 0.29) is 68.9 Å². The number of rotatable bonds is 12. The Morgan fingerprint density at radius 2 is 0.981 bits per heavy atom. The van der Waals surface area contributed by atoms with Gasteiger partial charge in [0.15, 0.2) is 5.71 Å². The summed E-state index contributed by atoms with van der Waals surface area (Å²) < 4.78 is 71.5. The summed E-state index contributed by atoms with van der Waals surface area (Å²) in [4.78, 5) is 3.75. The molecule has 0 spiro atoms. The molecule has 0 fully saturated rings. The number of benzene rings is 4. The molecule has 0 aliphatic heterocycles. The van der Waals surface area contributed by atoms with Crippen LogP contribution in [0.3, 0.4) is 0 Å². The minimum Gasteiger partial charge on any atom is -0.744 e. The maximum Gasteiger partial charge on any atom is 1.00 e. The molecule has 52 heavy (non-hydrogen) atoms. The number of allylic oxidation sites excluding steroid dienone is 5. The summed E-state index contributed by atoms with van der Waals surface area (Å²) in [6.45, 7) is 6.26. The van der Waals surface area contributed by atoms with Gasteiger partial charge in [-0.25, -0.2) is 21.4 Å². The van der Waals surface area contributed by atoms with Crippen molar-refractivity contribution in [1.29, 1.82) is 0 Å². The number of hydrogen-bond acceptors (Lipinski definition) is 8. The van der Waals surface area contributed by atoms with Crippen LogP contribution in [0, 0.1) is 0 Å². The standard InChI is InChI=1S/C39H41N3O6S2.2Na/c1-5-41(27-29-9-7-11-37(25-29)49(43,44)45)35-21-15-32(16-22-35)39(31-13-19-34(20-14-31)40(3)4)33-17-23-36(24-18-33)42(6-2)28-30-10-8-12-38(26-30)50(46,47)48;;/h7-26H,5-6,27-28H2,1-4H3,(H-,43,44,45,46,47,48);;/q;2*+1/p-1. The van der Waals surface area contributed by atoms with Gasteiger partial charge in [-0.05, 0) is 108 Å². The van der Waals surface area contributed by atoms with Crippen molar-refractivity contribution in [2.75, 3.05) is 37.0 Å². The Labute approximate surface area is 352 Å². The molecule has 4 aromatic carbocycles. The second-order valence-electron chi connectivity index (χ2n) is 12.1. The zero-order chi connectivity index (χ0) is 36.1. The van der Waals surface area contributed by atoms with Gasteiger partial charge in [-0.2, -0.15) is 0 Å². The molecule has 0 aromatic heterocycles. The summed E-state index contributed by atoms with van der Waals surface area (Å²) in [5, 5.41) is 0. The second-order valence-corrected chi connectivity index (χ2v) is 14.9. The zero-order valence-electron chi connectivity index (χ0n) is 30.5. The largest absolute Gasteiger partial charge is 1.00 e. The predicted octanol–water partition coefficient (Wildman–Crippen LogP) is 0.197. The second kappa shape index (κ2) is 19.0. The van der Waals surface area contributed by atoms with Gasteiger partial charge < -0.3 is 18.9 Å². The van der Waals surface area contributed by atoms with Crippen molar-refractivity contribution in [3.05, 3.63) is 149 Å². The van der Waals surface area contributed by atoms with Gasteiger partial charge in [0.25, 0.3) is 0 Å². The fourth-order valence-electron chi connectivity index (χ4n) is 5.91. The summed E-state index contributed by atoms with van der Waals surface area (Å²) >= 11 is 0. The normalized spacial score (nSPS) is 12.5. The molecule has 9 nitrogen and oxygen atoms in total. The van der Waals surface area contributed by atoms with Crippen LogP contribution in [0.25, 0.3) is 5.57 Å². The molecule has 0 unspecified atom stereocenters. The number of hydrogen-bond donors (Lipinski definition) is 0. The van der Waals surface area contributed by atoms with E-state index >= 15 is 0 Å². The molecule has 260 valence electrons. The van der Waals surface area contributed by atoms with Crippen LogP contribution in [-0.4, -0.2) is 63.4 Å². The molecule has 0 saturated heterocycles. The maximum atomic E-state index is 11.6. The van der Waals surface area contributed by atoms with Crippen LogP contribution < -0.4 is 68.9 Å². The quantitative estimate of drug-likeness (QED) is 0.114. The van der Waals surface area contributed by atoms with Gasteiger partial charge in [-0.15, -0.1) is 0 Å². The molecule has 0 N–H and O–H groups in total. The minimum atomic E-state index is -4.55. The Morgan fingerprint density at radius 1 is 0.596 bits per heavy atom. The fraction of sp³-hybridized carbons (Fsp3) is 0.205. The molecule has 0 radical (unpaired) electrons. The van der Waals surface area contributed by atoms with E-state index in [1.165, 1.54) is 24.3 Å². The van der Waals surface area contributed by atoms with E-state index in [4.69, 9.17) is 0 Å². The van der Waals surface area contributed by atoms with E-state index in [0.717, 1.165) is 50.5 Å². The first kappa shape index (κ1) is 43.6. The van der Waals surface area contributed by atoms with Gasteiger partial charge >= 0.3 is 59.1 Å². The summed E-state index contributed by atoms with van der Waals surface area (Å²) in [6.07, 6.45) is 8.39. The Balaban J connectivity index is 0.00000364. The van der Waals surface area contributed by atoms with Gasteiger partial charge in [-0.1, -0.05) is 48.5 Å². The van der Waals surface area contributed by atoms with Crippen LogP contribution >= 0.6 is 0 Å². The van der Waals surface area contributed by atoms with E-state index in [1.54, 1.807) is 12.1 Å². The summed E-state index contributed by atoms with van der Waals surface area (Å²) in [5.41, 5.74) is 8.56. The maximum absolute atomic E-state index is 11.6. The van der Waals surface area contributed by atoms with E-state index < -0.39 is 20.2 Å². The molecule has 0 atom stereocenters. The van der Waals surface area contributed by atoms with Crippen LogP contribution in [0.5, 0.6) is 0 Å². The van der Waals surface area contributed by atoms with Gasteiger partial charge in [0.05, 0.1) is 9.79 Å². The van der Waals surface area contributed by atoms with Crippen molar-refractivity contribution in [2.45, 2.75) is 36.7 Å². The van der Waals surface area contributed by atoms with E-state index in [9.17, 15) is 25.9 Å². The molecule has 5 rings (SSSR count). The Kier molecular flexibility index (Phi) is 15.9. The van der Waals surface area contributed by atoms with E-state index in [0.29, 0.717) is 26.2 Å². The van der Waals surface area contributed by atoms with Gasteiger partial charge in [-0.3, -0.25) is 0 Å². The minimum absolute atomic E-state index is 0. The Morgan fingerprint density at radius 3 is 1.31 bits per heavy atom. The van der Waals surface area contributed by atoms with E-state index in [1.807, 2.05) is 64.3 Å². The van der Waals surface area contributed by atoms with Crippen molar-refractivity contribution in [1.82, 2.24) is 0 Å². The topological polar surface area (TPSA) is 124 Å². The van der Waals surface area contributed by atoms with Crippen LogP contribution in [-0.2, 0) is 33.3 Å². The first-order chi connectivity index (χ1) is 23.8. The molecule has 1 aliphatic rings. The monoisotopic (exact) mass is 756 g/mol. The average molecular weight is 757 g/mol. The first-order valence-corrected chi connectivity index (χ1v) is 19.0. The molecular weight excluding hydrogens is 717 g/mol. The molecule has 13 heteroatoms. The van der Waals surface area contributed by atoms with Crippen LogP contribution in [0.2, 0.25) is 0 Å². The number of nitrogens with zero attached hydrogens (tertiary/aromatic N) is 3. The van der Waals surface area contributed by atoms with Gasteiger partial charge in [0.1, 0.15) is 34.3 Å². The van der Waals surface area contributed by atoms with Crippen molar-refractivity contribution in [2.24, 2.45) is 0 Å². The Bertz CT molecular complexity index is 2060. The van der Waals surface area contributed by atoms with Crippen LogP contribution in [0.1, 0.15) is 36.1 Å². The molecule has 0 bridgehead atoms. The summed E-state index contributed by atoms with van der Waals surface area (Å²) in [5.74, 6) is 0. The van der Waals surface area contributed by atoms with E-state index in [2.05, 4.69) is 62.9 Å².